The molecule has 94 valence electrons. The molecule has 1 rings (SSSR count). The molecule has 6 nitrogen and oxygen atoms in total. The number of aldehydes is 1. The number of hydrogen-bond donors (Lipinski definition) is 1. The van der Waals surface area contributed by atoms with Gasteiger partial charge in [0, 0.05) is 19.5 Å². The Morgan fingerprint density at radius 2 is 2.22 bits per heavy atom. The number of nitrogens with one attached hydrogen (secondary N) is 1. The van der Waals surface area contributed by atoms with Crippen LogP contribution in [0.4, 0.5) is 5.69 Å². The number of carbonyl (C=O) groups is 2. The number of amides is 1. The fourth-order valence-electron chi connectivity index (χ4n) is 1.33. The van der Waals surface area contributed by atoms with Crippen LogP contribution in [0, 0.1) is 10.1 Å². The second-order valence-corrected chi connectivity index (χ2v) is 3.53. The maximum Gasteiger partial charge on any atom is 0.279 e. The van der Waals surface area contributed by atoms with Crippen molar-refractivity contribution in [2.24, 2.45) is 0 Å². The normalized spacial score (nSPS) is 10.3. The number of nitro groups is 1. The second kappa shape index (κ2) is 6.29. The van der Waals surface area contributed by atoms with Gasteiger partial charge in [-0.3, -0.25) is 19.7 Å². The average molecular weight is 248 g/mol. The molecule has 0 spiro atoms. The van der Waals surface area contributed by atoms with Crippen molar-refractivity contribution in [2.45, 2.75) is 6.92 Å². The van der Waals surface area contributed by atoms with Crippen molar-refractivity contribution in [1.82, 2.24) is 5.32 Å². The van der Waals surface area contributed by atoms with Gasteiger partial charge in [0.2, 0.25) is 5.91 Å². The highest BCUT2D eigenvalue weighted by atomic mass is 16.6. The highest BCUT2D eigenvalue weighted by Crippen LogP contribution is 2.18. The maximum atomic E-state index is 10.7. The summed E-state index contributed by atoms with van der Waals surface area (Å²) in [5.74, 6) is -0.142. The van der Waals surface area contributed by atoms with Gasteiger partial charge in [0.25, 0.3) is 5.69 Å². The van der Waals surface area contributed by atoms with E-state index < -0.39 is 4.92 Å². The first-order valence-electron chi connectivity index (χ1n) is 5.19. The van der Waals surface area contributed by atoms with Crippen LogP contribution in [0.3, 0.4) is 0 Å². The predicted molar refractivity (Wildman–Crippen MR) is 66.2 cm³/mol. The van der Waals surface area contributed by atoms with Gasteiger partial charge in [-0.15, -0.1) is 0 Å². The summed E-state index contributed by atoms with van der Waals surface area (Å²) in [4.78, 5) is 31.3. The van der Waals surface area contributed by atoms with E-state index in [1.165, 1.54) is 25.1 Å². The van der Waals surface area contributed by atoms with Gasteiger partial charge in [-0.1, -0.05) is 12.2 Å². The SMILES string of the molecule is CC(=O)NCC=Cc1ccc([N+](=O)[O-])c(C=O)c1. The summed E-state index contributed by atoms with van der Waals surface area (Å²) in [7, 11) is 0. The van der Waals surface area contributed by atoms with Gasteiger partial charge in [-0.25, -0.2) is 0 Å². The van der Waals surface area contributed by atoms with Crippen molar-refractivity contribution in [2.75, 3.05) is 6.54 Å². The molecule has 0 fully saturated rings. The number of benzene rings is 1. The standard InChI is InChI=1S/C12H12N2O4/c1-9(16)13-6-2-3-10-4-5-12(14(17)18)11(7-10)8-15/h2-5,7-8H,6H2,1H3,(H,13,16). The van der Waals surface area contributed by atoms with E-state index in [0.29, 0.717) is 18.4 Å². The Bertz CT molecular complexity index is 509. The first-order valence-corrected chi connectivity index (χ1v) is 5.19. The molecule has 1 aromatic rings. The Hall–Kier alpha value is -2.50. The zero-order chi connectivity index (χ0) is 13.5. The predicted octanol–water partition coefficient (Wildman–Crippen LogP) is 1.56. The first-order chi connectivity index (χ1) is 8.54. The number of hydrogen-bond acceptors (Lipinski definition) is 4. The number of carbonyl (C=O) groups excluding carboxylic acids is 2. The molecule has 1 N–H and O–H groups in total. The number of rotatable bonds is 5. The van der Waals surface area contributed by atoms with Crippen LogP contribution in [0.25, 0.3) is 6.08 Å². The van der Waals surface area contributed by atoms with Crippen molar-refractivity contribution in [3.8, 4) is 0 Å². The van der Waals surface area contributed by atoms with E-state index in [9.17, 15) is 19.7 Å². The lowest BCUT2D eigenvalue weighted by molar-refractivity contribution is -0.385. The summed E-state index contributed by atoms with van der Waals surface area (Å²) in [6.07, 6.45) is 3.81. The van der Waals surface area contributed by atoms with Crippen LogP contribution in [-0.4, -0.2) is 23.7 Å². The molecule has 0 aliphatic carbocycles. The molecule has 0 heterocycles. The van der Waals surface area contributed by atoms with Crippen LogP contribution in [0.15, 0.2) is 24.3 Å². The maximum absolute atomic E-state index is 10.7. The van der Waals surface area contributed by atoms with Gasteiger partial charge in [-0.05, 0) is 17.7 Å². The molecule has 1 amide bonds. The van der Waals surface area contributed by atoms with Crippen molar-refractivity contribution in [3.63, 3.8) is 0 Å². The van der Waals surface area contributed by atoms with E-state index in [2.05, 4.69) is 5.32 Å². The van der Waals surface area contributed by atoms with Crippen LogP contribution in [-0.2, 0) is 4.79 Å². The van der Waals surface area contributed by atoms with Gasteiger partial charge < -0.3 is 5.32 Å². The zero-order valence-corrected chi connectivity index (χ0v) is 9.75. The Morgan fingerprint density at radius 3 is 2.78 bits per heavy atom. The third kappa shape index (κ3) is 3.82. The summed E-state index contributed by atoms with van der Waals surface area (Å²) in [6.45, 7) is 1.77. The first kappa shape index (κ1) is 13.6. The summed E-state index contributed by atoms with van der Waals surface area (Å²) in [6, 6.07) is 4.24. The minimum absolute atomic E-state index is 0.0293. The van der Waals surface area contributed by atoms with Gasteiger partial charge >= 0.3 is 0 Å². The Labute approximate surface area is 103 Å². The molecule has 0 atom stereocenters. The molecule has 18 heavy (non-hydrogen) atoms. The summed E-state index contributed by atoms with van der Waals surface area (Å²) in [5.41, 5.74) is 0.471. The molecule has 0 aliphatic rings. The van der Waals surface area contributed by atoms with E-state index in [0.717, 1.165) is 0 Å². The summed E-state index contributed by atoms with van der Waals surface area (Å²) >= 11 is 0. The van der Waals surface area contributed by atoms with E-state index >= 15 is 0 Å². The van der Waals surface area contributed by atoms with Gasteiger partial charge in [0.1, 0.15) is 0 Å². The third-order valence-electron chi connectivity index (χ3n) is 2.15. The molecule has 0 radical (unpaired) electrons. The van der Waals surface area contributed by atoms with Crippen LogP contribution in [0.5, 0.6) is 0 Å². The molecule has 0 unspecified atom stereocenters. The molecule has 0 saturated carbocycles. The summed E-state index contributed by atoms with van der Waals surface area (Å²) < 4.78 is 0. The minimum atomic E-state index is -0.603. The zero-order valence-electron chi connectivity index (χ0n) is 9.75. The molecular weight excluding hydrogens is 236 g/mol. The fraction of sp³-hybridized carbons (Fsp3) is 0.167. The third-order valence-corrected chi connectivity index (χ3v) is 2.15. The lowest BCUT2D eigenvalue weighted by atomic mass is 10.1. The van der Waals surface area contributed by atoms with E-state index in [1.807, 2.05) is 0 Å². The highest BCUT2D eigenvalue weighted by molar-refractivity contribution is 5.82. The quantitative estimate of drug-likeness (QED) is 0.486. The molecule has 0 bridgehead atoms. The van der Waals surface area contributed by atoms with E-state index in [4.69, 9.17) is 0 Å². The molecule has 0 aromatic heterocycles. The largest absolute Gasteiger partial charge is 0.353 e. The van der Waals surface area contributed by atoms with Gasteiger partial charge in [-0.2, -0.15) is 0 Å². The average Bonchev–Trinajstić information content (AvgIpc) is 2.33. The smallest absolute Gasteiger partial charge is 0.279 e. The Morgan fingerprint density at radius 1 is 1.50 bits per heavy atom. The number of nitro benzene ring substituents is 1. The Kier molecular flexibility index (Phi) is 4.74. The highest BCUT2D eigenvalue weighted by Gasteiger charge is 2.12. The molecule has 1 aromatic carbocycles. The van der Waals surface area contributed by atoms with E-state index in [-0.39, 0.29) is 17.2 Å². The van der Waals surface area contributed by atoms with E-state index in [1.54, 1.807) is 12.2 Å². The topological polar surface area (TPSA) is 89.3 Å². The van der Waals surface area contributed by atoms with Gasteiger partial charge in [0.05, 0.1) is 10.5 Å². The molecular formula is C12H12N2O4. The molecule has 6 heteroatoms. The van der Waals surface area contributed by atoms with Crippen LogP contribution in [0.1, 0.15) is 22.8 Å². The number of nitrogens with zero attached hydrogens (tertiary/aromatic N) is 1. The molecule has 0 aliphatic heterocycles. The summed E-state index contributed by atoms with van der Waals surface area (Å²) in [5, 5.41) is 13.2. The van der Waals surface area contributed by atoms with Gasteiger partial charge in [0.15, 0.2) is 6.29 Å². The monoisotopic (exact) mass is 248 g/mol. The molecule has 0 saturated heterocycles. The van der Waals surface area contributed by atoms with Crippen LogP contribution < -0.4 is 5.32 Å². The lowest BCUT2D eigenvalue weighted by Crippen LogP contribution is -2.19. The lowest BCUT2D eigenvalue weighted by Gasteiger charge is -1.98. The van der Waals surface area contributed by atoms with Crippen LogP contribution >= 0.6 is 0 Å². The minimum Gasteiger partial charge on any atom is -0.353 e. The van der Waals surface area contributed by atoms with Crippen molar-refractivity contribution in [1.29, 1.82) is 0 Å². The van der Waals surface area contributed by atoms with Crippen molar-refractivity contribution in [3.05, 3.63) is 45.5 Å². The second-order valence-electron chi connectivity index (χ2n) is 3.53. The van der Waals surface area contributed by atoms with Crippen molar-refractivity contribution < 1.29 is 14.5 Å². The fourth-order valence-corrected chi connectivity index (χ4v) is 1.33. The van der Waals surface area contributed by atoms with Crippen LogP contribution in [0.2, 0.25) is 0 Å². The van der Waals surface area contributed by atoms with Crippen molar-refractivity contribution >= 4 is 24.0 Å². The Balaban J connectivity index is 2.82.